The number of nitrogens with one attached hydrogen (secondary N) is 1. The van der Waals surface area contributed by atoms with Crippen LogP contribution < -0.4 is 10.2 Å². The Morgan fingerprint density at radius 1 is 1.07 bits per heavy atom. The minimum absolute atomic E-state index is 0.101. The lowest BCUT2D eigenvalue weighted by Crippen LogP contribution is -2.17. The fourth-order valence-corrected chi connectivity index (χ4v) is 2.70. The average molecular weight is 425 g/mol. The number of carbonyl (C=O) groups excluding carboxylic acids is 1. The molecule has 2 N–H and O–H groups in total. The zero-order valence-corrected chi connectivity index (χ0v) is 15.9. The molecule has 136 valence electrons. The average Bonchev–Trinajstić information content (AvgIpc) is 2.68. The van der Waals surface area contributed by atoms with E-state index in [2.05, 4.69) is 26.5 Å². The molecule has 0 radical (unpaired) electrons. The van der Waals surface area contributed by atoms with Crippen LogP contribution in [-0.2, 0) is 6.61 Å². The number of carbonyl (C=O) groups is 1. The van der Waals surface area contributed by atoms with Crippen LogP contribution in [0.25, 0.3) is 0 Å². The highest BCUT2D eigenvalue weighted by atomic mass is 79.9. The van der Waals surface area contributed by atoms with Crippen molar-refractivity contribution in [3.05, 3.63) is 94.0 Å². The summed E-state index contributed by atoms with van der Waals surface area (Å²) in [6.07, 6.45) is 1.53. The zero-order chi connectivity index (χ0) is 19.1. The van der Waals surface area contributed by atoms with Gasteiger partial charge in [0, 0.05) is 15.6 Å². The van der Waals surface area contributed by atoms with Crippen LogP contribution in [0.5, 0.6) is 11.5 Å². The number of nitrogens with zero attached hydrogens (tertiary/aromatic N) is 1. The normalized spacial score (nSPS) is 10.7. The molecule has 3 rings (SSSR count). The third kappa shape index (κ3) is 5.43. The summed E-state index contributed by atoms with van der Waals surface area (Å²) in [4.78, 5) is 12.1. The fraction of sp³-hybridized carbons (Fsp3) is 0.0476. The van der Waals surface area contributed by atoms with Gasteiger partial charge in [0.25, 0.3) is 5.91 Å². The van der Waals surface area contributed by atoms with Crippen molar-refractivity contribution in [2.24, 2.45) is 5.10 Å². The molecule has 0 aliphatic rings. The van der Waals surface area contributed by atoms with Gasteiger partial charge in [-0.05, 0) is 48.0 Å². The molecule has 0 saturated heterocycles. The van der Waals surface area contributed by atoms with Gasteiger partial charge in [0.15, 0.2) is 0 Å². The topological polar surface area (TPSA) is 70.9 Å². The zero-order valence-electron chi connectivity index (χ0n) is 14.3. The summed E-state index contributed by atoms with van der Waals surface area (Å²) < 4.78 is 6.76. The predicted octanol–water partition coefficient (Wildman–Crippen LogP) is 4.50. The minimum atomic E-state index is -0.368. The molecule has 0 unspecified atom stereocenters. The molecule has 0 aliphatic heterocycles. The fourth-order valence-electron chi connectivity index (χ4n) is 2.32. The van der Waals surface area contributed by atoms with Crippen LogP contribution in [0.2, 0.25) is 0 Å². The standard InChI is InChI=1S/C21H17BrN2O3/c22-18-8-11-20(27-14-15-4-2-1-3-5-15)17(12-18)13-23-24-21(26)16-6-9-19(25)10-7-16/h1-13,25H,14H2,(H,24,26)/b23-13+. The van der Waals surface area contributed by atoms with Gasteiger partial charge >= 0.3 is 0 Å². The number of benzene rings is 3. The molecule has 0 aliphatic carbocycles. The highest BCUT2D eigenvalue weighted by molar-refractivity contribution is 9.10. The summed E-state index contributed by atoms with van der Waals surface area (Å²) in [6, 6.07) is 21.4. The van der Waals surface area contributed by atoms with E-state index in [0.717, 1.165) is 15.6 Å². The summed E-state index contributed by atoms with van der Waals surface area (Å²) in [5.41, 5.74) is 4.66. The minimum Gasteiger partial charge on any atom is -0.508 e. The summed E-state index contributed by atoms with van der Waals surface area (Å²) in [7, 11) is 0. The van der Waals surface area contributed by atoms with E-state index in [4.69, 9.17) is 4.74 Å². The first-order chi connectivity index (χ1) is 13.1. The van der Waals surface area contributed by atoms with Crippen LogP contribution in [0.1, 0.15) is 21.5 Å². The number of ether oxygens (including phenoxy) is 1. The molecule has 3 aromatic carbocycles. The molecular weight excluding hydrogens is 408 g/mol. The molecule has 5 nitrogen and oxygen atoms in total. The van der Waals surface area contributed by atoms with Gasteiger partial charge < -0.3 is 9.84 Å². The summed E-state index contributed by atoms with van der Waals surface area (Å²) in [5, 5.41) is 13.3. The third-order valence-electron chi connectivity index (χ3n) is 3.71. The van der Waals surface area contributed by atoms with Gasteiger partial charge in [0.1, 0.15) is 18.1 Å². The number of amides is 1. The third-order valence-corrected chi connectivity index (χ3v) is 4.20. The van der Waals surface area contributed by atoms with Crippen molar-refractivity contribution < 1.29 is 14.6 Å². The Balaban J connectivity index is 1.68. The smallest absolute Gasteiger partial charge is 0.271 e. The number of phenols is 1. The Labute approximate surface area is 165 Å². The van der Waals surface area contributed by atoms with Gasteiger partial charge in [-0.3, -0.25) is 4.79 Å². The molecule has 1 amide bonds. The van der Waals surface area contributed by atoms with Crippen molar-refractivity contribution in [1.82, 2.24) is 5.43 Å². The maximum atomic E-state index is 12.1. The lowest BCUT2D eigenvalue weighted by Gasteiger charge is -2.09. The number of aromatic hydroxyl groups is 1. The van der Waals surface area contributed by atoms with E-state index < -0.39 is 0 Å². The molecule has 0 fully saturated rings. The molecule has 3 aromatic rings. The summed E-state index contributed by atoms with van der Waals surface area (Å²) >= 11 is 3.43. The highest BCUT2D eigenvalue weighted by Gasteiger charge is 2.06. The molecule has 27 heavy (non-hydrogen) atoms. The second kappa shape index (κ2) is 9.00. The van der Waals surface area contributed by atoms with Crippen LogP contribution >= 0.6 is 15.9 Å². The lowest BCUT2D eigenvalue weighted by molar-refractivity contribution is 0.0955. The Hall–Kier alpha value is -3.12. The van der Waals surface area contributed by atoms with Crippen LogP contribution in [0, 0.1) is 0 Å². The van der Waals surface area contributed by atoms with E-state index in [1.807, 2.05) is 48.5 Å². The molecule has 0 bridgehead atoms. The second-order valence-electron chi connectivity index (χ2n) is 5.70. The Morgan fingerprint density at radius 3 is 2.56 bits per heavy atom. The second-order valence-corrected chi connectivity index (χ2v) is 6.62. The van der Waals surface area contributed by atoms with E-state index >= 15 is 0 Å². The van der Waals surface area contributed by atoms with Crippen LogP contribution in [0.3, 0.4) is 0 Å². The first-order valence-corrected chi connectivity index (χ1v) is 9.00. The van der Waals surface area contributed by atoms with Gasteiger partial charge in [-0.25, -0.2) is 5.43 Å². The van der Waals surface area contributed by atoms with Gasteiger partial charge in [-0.2, -0.15) is 5.10 Å². The predicted molar refractivity (Wildman–Crippen MR) is 108 cm³/mol. The van der Waals surface area contributed by atoms with Crippen LogP contribution in [-0.4, -0.2) is 17.2 Å². The van der Waals surface area contributed by atoms with Crippen molar-refractivity contribution in [1.29, 1.82) is 0 Å². The quantitative estimate of drug-likeness (QED) is 0.452. The van der Waals surface area contributed by atoms with Crippen molar-refractivity contribution in [2.45, 2.75) is 6.61 Å². The SMILES string of the molecule is O=C(N/N=C/c1cc(Br)ccc1OCc1ccccc1)c1ccc(O)cc1. The van der Waals surface area contributed by atoms with Crippen molar-refractivity contribution in [3.8, 4) is 11.5 Å². The van der Waals surface area contributed by atoms with Gasteiger partial charge in [0.2, 0.25) is 0 Å². The Morgan fingerprint density at radius 2 is 1.81 bits per heavy atom. The maximum Gasteiger partial charge on any atom is 0.271 e. The Bertz CT molecular complexity index is 941. The van der Waals surface area contributed by atoms with Crippen molar-refractivity contribution in [2.75, 3.05) is 0 Å². The van der Waals surface area contributed by atoms with E-state index in [0.29, 0.717) is 17.9 Å². The van der Waals surface area contributed by atoms with Crippen molar-refractivity contribution in [3.63, 3.8) is 0 Å². The van der Waals surface area contributed by atoms with Crippen LogP contribution in [0.4, 0.5) is 0 Å². The van der Waals surface area contributed by atoms with E-state index in [-0.39, 0.29) is 11.7 Å². The lowest BCUT2D eigenvalue weighted by atomic mass is 10.2. The van der Waals surface area contributed by atoms with E-state index in [9.17, 15) is 9.90 Å². The molecule has 0 heterocycles. The number of rotatable bonds is 6. The van der Waals surface area contributed by atoms with Crippen LogP contribution in [0.15, 0.2) is 82.4 Å². The number of hydrogen-bond donors (Lipinski definition) is 2. The largest absolute Gasteiger partial charge is 0.508 e. The number of hydrazone groups is 1. The van der Waals surface area contributed by atoms with E-state index in [1.165, 1.54) is 30.5 Å². The van der Waals surface area contributed by atoms with Gasteiger partial charge in [-0.15, -0.1) is 0 Å². The number of halogens is 1. The maximum absolute atomic E-state index is 12.1. The summed E-state index contributed by atoms with van der Waals surface area (Å²) in [6.45, 7) is 0.434. The number of phenolic OH excluding ortho intramolecular Hbond substituents is 1. The molecule has 0 atom stereocenters. The highest BCUT2D eigenvalue weighted by Crippen LogP contribution is 2.23. The number of hydrogen-bond acceptors (Lipinski definition) is 4. The van der Waals surface area contributed by atoms with E-state index in [1.54, 1.807) is 0 Å². The monoisotopic (exact) mass is 424 g/mol. The van der Waals surface area contributed by atoms with Gasteiger partial charge in [0.05, 0.1) is 6.21 Å². The molecular formula is C21H17BrN2O3. The first kappa shape index (κ1) is 18.7. The first-order valence-electron chi connectivity index (χ1n) is 8.20. The Kier molecular flexibility index (Phi) is 6.22. The molecule has 0 aromatic heterocycles. The summed E-state index contributed by atoms with van der Waals surface area (Å²) in [5.74, 6) is 0.391. The van der Waals surface area contributed by atoms with Gasteiger partial charge in [-0.1, -0.05) is 46.3 Å². The molecule has 0 spiro atoms. The molecule has 6 heteroatoms. The van der Waals surface area contributed by atoms with Crippen molar-refractivity contribution >= 4 is 28.1 Å². The molecule has 0 saturated carbocycles.